The van der Waals surface area contributed by atoms with E-state index in [0.717, 1.165) is 48.8 Å². The third-order valence-electron chi connectivity index (χ3n) is 5.37. The van der Waals surface area contributed by atoms with Crippen molar-refractivity contribution < 1.29 is 13.9 Å². The summed E-state index contributed by atoms with van der Waals surface area (Å²) in [7, 11) is 0. The molecule has 0 atom stereocenters. The fourth-order valence-electron chi connectivity index (χ4n) is 3.77. The van der Waals surface area contributed by atoms with Crippen LogP contribution in [0.4, 0.5) is 0 Å². The Labute approximate surface area is 154 Å². The molecule has 5 heteroatoms. The van der Waals surface area contributed by atoms with Crippen LogP contribution in [0.25, 0.3) is 11.3 Å². The lowest BCUT2D eigenvalue weighted by Gasteiger charge is -2.24. The van der Waals surface area contributed by atoms with E-state index in [1.165, 1.54) is 13.0 Å². The molecule has 0 N–H and O–H groups in total. The number of carbonyl (C=O) groups excluding carboxylic acids is 1. The molecule has 0 saturated carbocycles. The molecule has 1 aromatic carbocycles. The summed E-state index contributed by atoms with van der Waals surface area (Å²) in [5.74, 6) is 1.54. The number of benzene rings is 1. The molecule has 0 unspecified atom stereocenters. The highest BCUT2D eigenvalue weighted by molar-refractivity contribution is 5.94. The number of fused-ring (bicyclic) bond motifs is 1. The summed E-state index contributed by atoms with van der Waals surface area (Å²) < 4.78 is 11.2. The van der Waals surface area contributed by atoms with Crippen LogP contribution in [0.3, 0.4) is 0 Å². The van der Waals surface area contributed by atoms with E-state index in [2.05, 4.69) is 23.6 Å². The first-order valence-corrected chi connectivity index (χ1v) is 9.46. The predicted molar refractivity (Wildman–Crippen MR) is 99.9 cm³/mol. The topological polar surface area (TPSA) is 45.9 Å². The molecule has 26 heavy (non-hydrogen) atoms. The molecule has 3 heterocycles. The van der Waals surface area contributed by atoms with Gasteiger partial charge >= 0.3 is 5.97 Å². The van der Waals surface area contributed by atoms with E-state index < -0.39 is 0 Å². The Morgan fingerprint density at radius 1 is 1.08 bits per heavy atom. The number of nitrogens with zero attached hydrogens (tertiary/aromatic N) is 2. The van der Waals surface area contributed by atoms with E-state index in [9.17, 15) is 4.79 Å². The molecule has 1 fully saturated rings. The van der Waals surface area contributed by atoms with Crippen LogP contribution >= 0.6 is 0 Å². The average molecular weight is 354 g/mol. The van der Waals surface area contributed by atoms with Crippen molar-refractivity contribution in [2.75, 3.05) is 26.2 Å². The Morgan fingerprint density at radius 2 is 1.96 bits per heavy atom. The third kappa shape index (κ3) is 3.55. The molecule has 0 radical (unpaired) electrons. The lowest BCUT2D eigenvalue weighted by Crippen LogP contribution is -2.34. The Bertz CT molecular complexity index is 796. The van der Waals surface area contributed by atoms with Gasteiger partial charge in [0.15, 0.2) is 0 Å². The second kappa shape index (κ2) is 7.25. The van der Waals surface area contributed by atoms with Gasteiger partial charge in [-0.25, -0.2) is 4.79 Å². The molecule has 0 spiro atoms. The number of carbonyl (C=O) groups is 1. The molecule has 0 bridgehead atoms. The van der Waals surface area contributed by atoms with Gasteiger partial charge in [-0.2, -0.15) is 0 Å². The zero-order chi connectivity index (χ0) is 18.1. The van der Waals surface area contributed by atoms with Gasteiger partial charge in [-0.1, -0.05) is 12.1 Å². The van der Waals surface area contributed by atoms with Gasteiger partial charge in [-0.15, -0.1) is 0 Å². The smallest absolute Gasteiger partial charge is 0.338 e. The zero-order valence-corrected chi connectivity index (χ0v) is 15.5. The number of hydrogen-bond donors (Lipinski definition) is 0. The SMILES string of the molecule is CC(C)N1CCCN(Cc2ccc(-c3ccc4c(c3)C(=O)OC4)o2)CC1. The first-order valence-electron chi connectivity index (χ1n) is 9.46. The van der Waals surface area contributed by atoms with Crippen LogP contribution in [0.2, 0.25) is 0 Å². The van der Waals surface area contributed by atoms with Crippen molar-refractivity contribution in [1.82, 2.24) is 9.80 Å². The van der Waals surface area contributed by atoms with Crippen molar-refractivity contribution in [3.63, 3.8) is 0 Å². The minimum absolute atomic E-state index is 0.243. The number of furan rings is 1. The monoisotopic (exact) mass is 354 g/mol. The number of cyclic esters (lactones) is 1. The zero-order valence-electron chi connectivity index (χ0n) is 15.5. The average Bonchev–Trinajstić information content (AvgIpc) is 3.16. The highest BCUT2D eigenvalue weighted by Crippen LogP contribution is 2.28. The quantitative estimate of drug-likeness (QED) is 0.786. The Kier molecular flexibility index (Phi) is 4.83. The van der Waals surface area contributed by atoms with Gasteiger partial charge in [0.05, 0.1) is 12.1 Å². The van der Waals surface area contributed by atoms with Crippen molar-refractivity contribution in [3.05, 3.63) is 47.2 Å². The number of hydrogen-bond acceptors (Lipinski definition) is 5. The molecule has 0 aliphatic carbocycles. The van der Waals surface area contributed by atoms with E-state index in [0.29, 0.717) is 18.2 Å². The van der Waals surface area contributed by atoms with Crippen LogP contribution in [0, 0.1) is 0 Å². The van der Waals surface area contributed by atoms with Crippen molar-refractivity contribution in [3.8, 4) is 11.3 Å². The third-order valence-corrected chi connectivity index (χ3v) is 5.37. The maximum Gasteiger partial charge on any atom is 0.338 e. The van der Waals surface area contributed by atoms with Crippen LogP contribution in [-0.4, -0.2) is 48.0 Å². The lowest BCUT2D eigenvalue weighted by molar-refractivity contribution is 0.0535. The van der Waals surface area contributed by atoms with Gasteiger partial charge in [0.1, 0.15) is 18.1 Å². The molecule has 0 amide bonds. The predicted octanol–water partition coefficient (Wildman–Crippen LogP) is 3.53. The van der Waals surface area contributed by atoms with Crippen molar-refractivity contribution in [2.24, 2.45) is 0 Å². The van der Waals surface area contributed by atoms with Crippen LogP contribution in [0.5, 0.6) is 0 Å². The number of esters is 1. The van der Waals surface area contributed by atoms with E-state index in [1.807, 2.05) is 30.3 Å². The van der Waals surface area contributed by atoms with E-state index in [-0.39, 0.29) is 5.97 Å². The maximum atomic E-state index is 11.8. The molecule has 4 rings (SSSR count). The molecular weight excluding hydrogens is 328 g/mol. The standard InChI is InChI=1S/C21H26N2O3/c1-15(2)23-9-3-8-22(10-11-23)13-18-6-7-20(26-18)16-4-5-17-14-25-21(24)19(17)12-16/h4-7,12,15H,3,8-11,13-14H2,1-2H3. The van der Waals surface area contributed by atoms with Gasteiger partial charge in [0.2, 0.25) is 0 Å². The van der Waals surface area contributed by atoms with E-state index in [4.69, 9.17) is 9.15 Å². The fourth-order valence-corrected chi connectivity index (χ4v) is 3.77. The summed E-state index contributed by atoms with van der Waals surface area (Å²) in [6, 6.07) is 10.5. The first kappa shape index (κ1) is 17.3. The van der Waals surface area contributed by atoms with E-state index >= 15 is 0 Å². The normalized spacial score (nSPS) is 18.8. The van der Waals surface area contributed by atoms with Crippen molar-refractivity contribution in [2.45, 2.75) is 39.5 Å². The molecule has 2 aromatic rings. The molecular formula is C21H26N2O3. The second-order valence-corrected chi connectivity index (χ2v) is 7.47. The minimum Gasteiger partial charge on any atom is -0.460 e. The van der Waals surface area contributed by atoms with E-state index in [1.54, 1.807) is 0 Å². The Hall–Kier alpha value is -2.11. The van der Waals surface area contributed by atoms with Crippen LogP contribution in [0.1, 0.15) is 41.9 Å². The summed E-state index contributed by atoms with van der Waals surface area (Å²) in [5.41, 5.74) is 2.53. The maximum absolute atomic E-state index is 11.8. The molecule has 1 aromatic heterocycles. The van der Waals surface area contributed by atoms with Crippen molar-refractivity contribution >= 4 is 5.97 Å². The van der Waals surface area contributed by atoms with Gasteiger partial charge in [-0.3, -0.25) is 9.80 Å². The first-order chi connectivity index (χ1) is 12.6. The summed E-state index contributed by atoms with van der Waals surface area (Å²) in [4.78, 5) is 16.8. The van der Waals surface area contributed by atoms with Crippen LogP contribution in [0.15, 0.2) is 34.7 Å². The Morgan fingerprint density at radius 3 is 2.81 bits per heavy atom. The molecule has 2 aliphatic heterocycles. The minimum atomic E-state index is -0.243. The van der Waals surface area contributed by atoms with Crippen LogP contribution in [-0.2, 0) is 17.9 Å². The second-order valence-electron chi connectivity index (χ2n) is 7.47. The van der Waals surface area contributed by atoms with Crippen molar-refractivity contribution in [1.29, 1.82) is 0 Å². The Balaban J connectivity index is 1.44. The van der Waals surface area contributed by atoms with Crippen LogP contribution < -0.4 is 0 Å². The molecule has 1 saturated heterocycles. The summed E-state index contributed by atoms with van der Waals surface area (Å²) in [6.45, 7) is 10.2. The molecule has 2 aliphatic rings. The van der Waals surface area contributed by atoms with Gasteiger partial charge < -0.3 is 9.15 Å². The summed E-state index contributed by atoms with van der Waals surface area (Å²) in [6.07, 6.45) is 1.19. The molecule has 5 nitrogen and oxygen atoms in total. The highest BCUT2D eigenvalue weighted by Gasteiger charge is 2.22. The lowest BCUT2D eigenvalue weighted by atomic mass is 10.0. The number of rotatable bonds is 4. The number of ether oxygens (including phenoxy) is 1. The summed E-state index contributed by atoms with van der Waals surface area (Å²) in [5, 5.41) is 0. The summed E-state index contributed by atoms with van der Waals surface area (Å²) >= 11 is 0. The van der Waals surface area contributed by atoms with Gasteiger partial charge in [0.25, 0.3) is 0 Å². The highest BCUT2D eigenvalue weighted by atomic mass is 16.5. The molecule has 138 valence electrons. The van der Waals surface area contributed by atoms with Gasteiger partial charge in [-0.05, 0) is 51.6 Å². The fraction of sp³-hybridized carbons (Fsp3) is 0.476. The van der Waals surface area contributed by atoms with Gasteiger partial charge in [0, 0.05) is 30.3 Å². The largest absolute Gasteiger partial charge is 0.460 e.